The SMILES string of the molecule is N#Cc1cc(-c2nc(-c3ccccc3)cc(-c3ccccc3)n2)c(-n2c3ccccc3c3ccccc32)c(-n2c3ccccc3c3ccccc32)c1-n1c2ccccc2c2ccccc21. The van der Waals surface area contributed by atoms with Gasteiger partial charge in [-0.15, -0.1) is 0 Å². The summed E-state index contributed by atoms with van der Waals surface area (Å²) in [4.78, 5) is 11.0. The van der Waals surface area contributed by atoms with Gasteiger partial charge in [-0.25, -0.2) is 9.97 Å². The fourth-order valence-corrected chi connectivity index (χ4v) is 10.1. The number of para-hydroxylation sites is 6. The Hall–Kier alpha value is -9.05. The first-order valence-corrected chi connectivity index (χ1v) is 21.8. The maximum atomic E-state index is 11.8. The predicted octanol–water partition coefficient (Wildman–Crippen LogP) is 14.6. The summed E-state index contributed by atoms with van der Waals surface area (Å²) in [5.41, 5.74) is 13.3. The van der Waals surface area contributed by atoms with Crippen LogP contribution < -0.4 is 0 Å². The second-order valence-corrected chi connectivity index (χ2v) is 16.4. The van der Waals surface area contributed by atoms with Crippen LogP contribution in [0.2, 0.25) is 0 Å². The average molecular weight is 829 g/mol. The zero-order chi connectivity index (χ0) is 43.0. The third kappa shape index (κ3) is 5.53. The van der Waals surface area contributed by atoms with Crippen molar-refractivity contribution in [2.24, 2.45) is 0 Å². The van der Waals surface area contributed by atoms with Crippen molar-refractivity contribution in [2.75, 3.05) is 0 Å². The first-order chi connectivity index (χ1) is 32.2. The molecule has 6 heteroatoms. The Morgan fingerprint density at radius 1 is 0.323 bits per heavy atom. The lowest BCUT2D eigenvalue weighted by Crippen LogP contribution is -2.13. The van der Waals surface area contributed by atoms with Crippen LogP contribution in [-0.2, 0) is 0 Å². The lowest BCUT2D eigenvalue weighted by Gasteiger charge is -2.25. The van der Waals surface area contributed by atoms with Gasteiger partial charge in [-0.1, -0.05) is 170 Å². The number of nitrogens with zero attached hydrogens (tertiary/aromatic N) is 6. The molecule has 0 atom stereocenters. The molecule has 0 amide bonds. The zero-order valence-corrected chi connectivity index (χ0v) is 35.0. The van der Waals surface area contributed by atoms with E-state index >= 15 is 0 Å². The molecule has 13 rings (SSSR count). The van der Waals surface area contributed by atoms with Gasteiger partial charge in [0.05, 0.1) is 67.1 Å². The first kappa shape index (κ1) is 36.6. The van der Waals surface area contributed by atoms with Crippen molar-refractivity contribution in [3.8, 4) is 57.0 Å². The van der Waals surface area contributed by atoms with E-state index in [2.05, 4.69) is 196 Å². The predicted molar refractivity (Wildman–Crippen MR) is 266 cm³/mol. The number of hydrogen-bond acceptors (Lipinski definition) is 3. The van der Waals surface area contributed by atoms with Gasteiger partial charge in [0.25, 0.3) is 0 Å². The summed E-state index contributed by atoms with van der Waals surface area (Å²) < 4.78 is 7.07. The van der Waals surface area contributed by atoms with E-state index in [4.69, 9.17) is 9.97 Å². The number of fused-ring (bicyclic) bond motifs is 9. The van der Waals surface area contributed by atoms with Crippen LogP contribution in [0.15, 0.2) is 218 Å². The molecule has 13 aromatic rings. The summed E-state index contributed by atoms with van der Waals surface area (Å²) >= 11 is 0. The highest BCUT2D eigenvalue weighted by molar-refractivity contribution is 6.14. The van der Waals surface area contributed by atoms with Gasteiger partial charge in [0, 0.05) is 49.0 Å². The smallest absolute Gasteiger partial charge is 0.162 e. The van der Waals surface area contributed by atoms with Crippen LogP contribution >= 0.6 is 0 Å². The second kappa shape index (κ2) is 14.5. The van der Waals surface area contributed by atoms with E-state index in [1.807, 2.05) is 42.5 Å². The van der Waals surface area contributed by atoms with Gasteiger partial charge in [0.1, 0.15) is 6.07 Å². The Morgan fingerprint density at radius 2 is 0.631 bits per heavy atom. The molecule has 0 saturated carbocycles. The summed E-state index contributed by atoms with van der Waals surface area (Å²) in [5.74, 6) is 0.509. The van der Waals surface area contributed by atoms with E-state index in [0.717, 1.165) is 111 Å². The summed E-state index contributed by atoms with van der Waals surface area (Å²) in [6.45, 7) is 0. The first-order valence-electron chi connectivity index (χ1n) is 21.8. The van der Waals surface area contributed by atoms with Crippen molar-refractivity contribution in [3.05, 3.63) is 224 Å². The van der Waals surface area contributed by atoms with Crippen LogP contribution in [0.1, 0.15) is 5.56 Å². The van der Waals surface area contributed by atoms with Crippen LogP contribution in [0.5, 0.6) is 0 Å². The lowest BCUT2D eigenvalue weighted by molar-refractivity contribution is 1.04. The fraction of sp³-hybridized carbons (Fsp3) is 0. The van der Waals surface area contributed by atoms with Crippen molar-refractivity contribution in [2.45, 2.75) is 0 Å². The summed E-state index contributed by atoms with van der Waals surface area (Å²) in [6.07, 6.45) is 0. The van der Waals surface area contributed by atoms with E-state index in [-0.39, 0.29) is 0 Å². The van der Waals surface area contributed by atoms with E-state index in [1.165, 1.54) is 0 Å². The minimum absolute atomic E-state index is 0.489. The average Bonchev–Trinajstić information content (AvgIpc) is 4.02. The molecular weight excluding hydrogens is 793 g/mol. The van der Waals surface area contributed by atoms with E-state index in [9.17, 15) is 5.26 Å². The summed E-state index contributed by atoms with van der Waals surface area (Å²) in [5, 5.41) is 18.5. The Balaban J connectivity index is 1.32. The summed E-state index contributed by atoms with van der Waals surface area (Å²) in [7, 11) is 0. The molecular formula is C59H36N6. The number of rotatable bonds is 6. The normalized spacial score (nSPS) is 11.7. The van der Waals surface area contributed by atoms with Gasteiger partial charge in [-0.2, -0.15) is 5.26 Å². The number of aromatic nitrogens is 5. The molecule has 0 radical (unpaired) electrons. The molecule has 302 valence electrons. The molecule has 0 aliphatic rings. The Labute approximate surface area is 373 Å². The van der Waals surface area contributed by atoms with Gasteiger partial charge in [0.2, 0.25) is 0 Å². The number of nitriles is 1. The maximum Gasteiger partial charge on any atom is 0.162 e. The van der Waals surface area contributed by atoms with Gasteiger partial charge < -0.3 is 13.7 Å². The van der Waals surface area contributed by atoms with E-state index in [0.29, 0.717) is 11.4 Å². The van der Waals surface area contributed by atoms with Crippen LogP contribution in [0, 0.1) is 11.3 Å². The third-order valence-electron chi connectivity index (χ3n) is 12.9. The Bertz CT molecular complexity index is 3860. The molecule has 0 bridgehead atoms. The molecule has 65 heavy (non-hydrogen) atoms. The van der Waals surface area contributed by atoms with Gasteiger partial charge in [-0.05, 0) is 48.5 Å². The highest BCUT2D eigenvalue weighted by Gasteiger charge is 2.31. The van der Waals surface area contributed by atoms with Crippen molar-refractivity contribution < 1.29 is 0 Å². The number of benzene rings is 9. The molecule has 0 saturated heterocycles. The van der Waals surface area contributed by atoms with Gasteiger partial charge >= 0.3 is 0 Å². The fourth-order valence-electron chi connectivity index (χ4n) is 10.1. The highest BCUT2D eigenvalue weighted by Crippen LogP contribution is 2.47. The minimum Gasteiger partial charge on any atom is -0.306 e. The molecule has 0 N–H and O–H groups in total. The van der Waals surface area contributed by atoms with Crippen LogP contribution in [-0.4, -0.2) is 23.7 Å². The largest absolute Gasteiger partial charge is 0.306 e. The van der Waals surface area contributed by atoms with Gasteiger partial charge in [0.15, 0.2) is 5.82 Å². The molecule has 0 unspecified atom stereocenters. The van der Waals surface area contributed by atoms with E-state index < -0.39 is 0 Å². The van der Waals surface area contributed by atoms with Crippen molar-refractivity contribution in [1.82, 2.24) is 23.7 Å². The maximum absolute atomic E-state index is 11.8. The van der Waals surface area contributed by atoms with Crippen LogP contribution in [0.25, 0.3) is 116 Å². The topological polar surface area (TPSA) is 64.4 Å². The van der Waals surface area contributed by atoms with Gasteiger partial charge in [-0.3, -0.25) is 0 Å². The third-order valence-corrected chi connectivity index (χ3v) is 12.9. The quantitative estimate of drug-likeness (QED) is 0.168. The molecule has 4 aromatic heterocycles. The zero-order valence-electron chi connectivity index (χ0n) is 35.0. The van der Waals surface area contributed by atoms with Crippen LogP contribution in [0.4, 0.5) is 0 Å². The molecule has 6 nitrogen and oxygen atoms in total. The summed E-state index contributed by atoms with van der Waals surface area (Å²) in [6, 6.07) is 78.9. The lowest BCUT2D eigenvalue weighted by atomic mass is 10.00. The second-order valence-electron chi connectivity index (χ2n) is 16.4. The molecule has 0 aliphatic heterocycles. The molecule has 4 heterocycles. The molecule has 0 fully saturated rings. The number of hydrogen-bond donors (Lipinski definition) is 0. The highest BCUT2D eigenvalue weighted by atomic mass is 15.1. The Kier molecular flexibility index (Phi) is 8.17. The molecule has 0 aliphatic carbocycles. The molecule has 9 aromatic carbocycles. The standard InChI is InChI=1S/C59H36N6/c60-37-40-35-47(59-61-48(38-19-3-1-4-20-38)36-49(62-59)39-21-5-2-6-22-39)57(64-52-31-15-9-25-43(52)44-26-10-16-32-53(44)64)58(65-54-33-17-11-27-45(54)46-28-12-18-34-55(46)65)56(40)63-50-29-13-7-23-41(50)42-24-8-14-30-51(42)63/h1-36H. The molecule has 0 spiro atoms. The minimum atomic E-state index is 0.489. The monoisotopic (exact) mass is 828 g/mol. The van der Waals surface area contributed by atoms with Crippen molar-refractivity contribution >= 4 is 65.4 Å². The Morgan fingerprint density at radius 3 is 0.985 bits per heavy atom. The van der Waals surface area contributed by atoms with Crippen molar-refractivity contribution in [3.63, 3.8) is 0 Å². The van der Waals surface area contributed by atoms with Crippen molar-refractivity contribution in [1.29, 1.82) is 5.26 Å². The van der Waals surface area contributed by atoms with E-state index in [1.54, 1.807) is 0 Å². The van der Waals surface area contributed by atoms with Crippen LogP contribution in [0.3, 0.4) is 0 Å².